The monoisotopic (exact) mass is 365 g/mol. The predicted octanol–water partition coefficient (Wildman–Crippen LogP) is 4.59. The fourth-order valence-corrected chi connectivity index (χ4v) is 4.54. The highest BCUT2D eigenvalue weighted by atomic mass is 15.2. The van der Waals surface area contributed by atoms with Crippen molar-refractivity contribution in [2.75, 3.05) is 11.4 Å². The van der Waals surface area contributed by atoms with Crippen molar-refractivity contribution in [3.8, 4) is 0 Å². The molecule has 1 unspecified atom stereocenters. The van der Waals surface area contributed by atoms with Crippen molar-refractivity contribution in [3.63, 3.8) is 0 Å². The van der Waals surface area contributed by atoms with Gasteiger partial charge in [0.25, 0.3) is 0 Å². The lowest BCUT2D eigenvalue weighted by Crippen LogP contribution is -2.36. The number of nitrogens with one attached hydrogen (secondary N) is 2. The van der Waals surface area contributed by atoms with Gasteiger partial charge >= 0.3 is 0 Å². The number of benzene rings is 2. The maximum absolute atomic E-state index is 4.69. The summed E-state index contributed by atoms with van der Waals surface area (Å²) in [4.78, 5) is 18.4. The van der Waals surface area contributed by atoms with Gasteiger partial charge in [0, 0.05) is 29.3 Å². The highest BCUT2D eigenvalue weighted by molar-refractivity contribution is 5.89. The first-order valence-electron chi connectivity index (χ1n) is 9.59. The SMILES string of the molecule is c1ccc(C2c3[nH]c4ccccc4c3CCN2c2ncnc3[nH]ccc23)cc1. The molecule has 0 bridgehead atoms. The number of H-pyrrole nitrogens is 2. The molecule has 2 N–H and O–H groups in total. The highest BCUT2D eigenvalue weighted by Crippen LogP contribution is 2.41. The van der Waals surface area contributed by atoms with Crippen LogP contribution in [0.25, 0.3) is 21.9 Å². The molecule has 0 saturated carbocycles. The molecular formula is C23H19N5. The summed E-state index contributed by atoms with van der Waals surface area (Å²) >= 11 is 0. The number of para-hydroxylation sites is 1. The smallest absolute Gasteiger partial charge is 0.142 e. The lowest BCUT2D eigenvalue weighted by Gasteiger charge is -2.37. The van der Waals surface area contributed by atoms with Gasteiger partial charge in [-0.15, -0.1) is 0 Å². The van der Waals surface area contributed by atoms with Crippen molar-refractivity contribution < 1.29 is 0 Å². The van der Waals surface area contributed by atoms with Crippen molar-refractivity contribution in [2.45, 2.75) is 12.5 Å². The summed E-state index contributed by atoms with van der Waals surface area (Å²) in [7, 11) is 0. The van der Waals surface area contributed by atoms with Gasteiger partial charge in [-0.1, -0.05) is 48.5 Å². The van der Waals surface area contributed by atoms with Crippen LogP contribution >= 0.6 is 0 Å². The van der Waals surface area contributed by atoms with Gasteiger partial charge in [-0.3, -0.25) is 0 Å². The number of anilines is 1. The molecule has 1 atom stereocenters. The van der Waals surface area contributed by atoms with Crippen molar-refractivity contribution in [1.29, 1.82) is 0 Å². The van der Waals surface area contributed by atoms with E-state index in [-0.39, 0.29) is 6.04 Å². The van der Waals surface area contributed by atoms with Crippen LogP contribution in [0.3, 0.4) is 0 Å². The standard InChI is InChI=1S/C23H19N5/c1-2-6-15(7-3-1)21-20-17(16-8-4-5-9-19(16)27-20)11-13-28(21)23-18-10-12-24-22(18)25-14-26-23/h1-10,12,14,21,27H,11,13H2,(H,24,25,26). The molecule has 5 aromatic rings. The van der Waals surface area contributed by atoms with Crippen LogP contribution in [0.5, 0.6) is 0 Å². The van der Waals surface area contributed by atoms with Gasteiger partial charge in [0.05, 0.1) is 11.4 Å². The minimum atomic E-state index is 0.0883. The van der Waals surface area contributed by atoms with E-state index in [0.717, 1.165) is 29.8 Å². The molecule has 2 aromatic carbocycles. The fourth-order valence-electron chi connectivity index (χ4n) is 4.54. The average molecular weight is 365 g/mol. The lowest BCUT2D eigenvalue weighted by atomic mass is 9.92. The maximum atomic E-state index is 4.69. The van der Waals surface area contributed by atoms with Crippen LogP contribution in [0, 0.1) is 0 Å². The maximum Gasteiger partial charge on any atom is 0.142 e. The predicted molar refractivity (Wildman–Crippen MR) is 112 cm³/mol. The van der Waals surface area contributed by atoms with E-state index in [1.807, 2.05) is 6.20 Å². The number of aromatic amines is 2. The van der Waals surface area contributed by atoms with Gasteiger partial charge in [-0.2, -0.15) is 0 Å². The second-order valence-electron chi connectivity index (χ2n) is 7.26. The quantitative estimate of drug-likeness (QED) is 0.481. The molecule has 136 valence electrons. The Hall–Kier alpha value is -3.60. The molecular weight excluding hydrogens is 346 g/mol. The van der Waals surface area contributed by atoms with Crippen LogP contribution in [-0.4, -0.2) is 26.5 Å². The Morgan fingerprint density at radius 1 is 0.893 bits per heavy atom. The van der Waals surface area contributed by atoms with Gasteiger partial charge in [0.1, 0.15) is 17.8 Å². The van der Waals surface area contributed by atoms with E-state index in [4.69, 9.17) is 0 Å². The third kappa shape index (κ3) is 2.19. The molecule has 6 rings (SSSR count). The summed E-state index contributed by atoms with van der Waals surface area (Å²) in [6.07, 6.45) is 4.56. The van der Waals surface area contributed by atoms with E-state index in [1.165, 1.54) is 27.7 Å². The van der Waals surface area contributed by atoms with Crippen molar-refractivity contribution in [2.24, 2.45) is 0 Å². The Morgan fingerprint density at radius 2 is 1.75 bits per heavy atom. The van der Waals surface area contributed by atoms with Crippen LogP contribution in [0.15, 0.2) is 73.2 Å². The zero-order valence-electron chi connectivity index (χ0n) is 15.3. The number of hydrogen-bond acceptors (Lipinski definition) is 3. The molecule has 0 radical (unpaired) electrons. The molecule has 28 heavy (non-hydrogen) atoms. The number of fused-ring (bicyclic) bond motifs is 4. The third-order valence-electron chi connectivity index (χ3n) is 5.75. The van der Waals surface area contributed by atoms with Gasteiger partial charge in [-0.05, 0) is 29.7 Å². The van der Waals surface area contributed by atoms with E-state index in [9.17, 15) is 0 Å². The second kappa shape index (κ2) is 5.96. The Bertz CT molecular complexity index is 1280. The average Bonchev–Trinajstić information content (AvgIpc) is 3.38. The van der Waals surface area contributed by atoms with Gasteiger partial charge in [-0.25, -0.2) is 9.97 Å². The van der Waals surface area contributed by atoms with Crippen molar-refractivity contribution >= 4 is 27.8 Å². The summed E-state index contributed by atoms with van der Waals surface area (Å²) in [6.45, 7) is 0.908. The summed E-state index contributed by atoms with van der Waals surface area (Å²) < 4.78 is 0. The van der Waals surface area contributed by atoms with Crippen molar-refractivity contribution in [1.82, 2.24) is 19.9 Å². The molecule has 3 aromatic heterocycles. The molecule has 1 aliphatic heterocycles. The topological polar surface area (TPSA) is 60.6 Å². The summed E-state index contributed by atoms with van der Waals surface area (Å²) in [5.74, 6) is 0.976. The van der Waals surface area contributed by atoms with Crippen LogP contribution in [0.2, 0.25) is 0 Å². The van der Waals surface area contributed by atoms with Crippen LogP contribution < -0.4 is 4.90 Å². The first kappa shape index (κ1) is 15.5. The molecule has 0 saturated heterocycles. The summed E-state index contributed by atoms with van der Waals surface area (Å²) in [5, 5.41) is 2.38. The Kier molecular flexibility index (Phi) is 3.29. The fraction of sp³-hybridized carbons (Fsp3) is 0.130. The highest BCUT2D eigenvalue weighted by Gasteiger charge is 2.33. The first-order valence-corrected chi connectivity index (χ1v) is 9.59. The molecule has 5 heteroatoms. The first-order chi connectivity index (χ1) is 13.9. The number of hydrogen-bond donors (Lipinski definition) is 2. The number of rotatable bonds is 2. The van der Waals surface area contributed by atoms with Gasteiger partial charge in [0.15, 0.2) is 0 Å². The van der Waals surface area contributed by atoms with Crippen LogP contribution in [-0.2, 0) is 6.42 Å². The molecule has 0 fully saturated rings. The van der Waals surface area contributed by atoms with Crippen LogP contribution in [0.1, 0.15) is 22.9 Å². The van der Waals surface area contributed by atoms with Crippen LogP contribution in [0.4, 0.5) is 5.82 Å². The normalized spacial score (nSPS) is 16.6. The van der Waals surface area contributed by atoms with E-state index in [2.05, 4.69) is 85.5 Å². The Morgan fingerprint density at radius 3 is 2.68 bits per heavy atom. The molecule has 4 heterocycles. The third-order valence-corrected chi connectivity index (χ3v) is 5.75. The van der Waals surface area contributed by atoms with E-state index >= 15 is 0 Å². The number of aromatic nitrogens is 4. The molecule has 5 nitrogen and oxygen atoms in total. The van der Waals surface area contributed by atoms with Gasteiger partial charge < -0.3 is 14.9 Å². The lowest BCUT2D eigenvalue weighted by molar-refractivity contribution is 0.638. The molecule has 0 amide bonds. The molecule has 0 aliphatic carbocycles. The van der Waals surface area contributed by atoms with E-state index < -0.39 is 0 Å². The van der Waals surface area contributed by atoms with E-state index in [1.54, 1.807) is 6.33 Å². The zero-order valence-corrected chi connectivity index (χ0v) is 15.3. The second-order valence-corrected chi connectivity index (χ2v) is 7.26. The zero-order chi connectivity index (χ0) is 18.5. The van der Waals surface area contributed by atoms with E-state index in [0.29, 0.717) is 0 Å². The largest absolute Gasteiger partial charge is 0.356 e. The Labute approximate surface area is 162 Å². The molecule has 1 aliphatic rings. The Balaban J connectivity index is 1.60. The molecule has 0 spiro atoms. The minimum Gasteiger partial charge on any atom is -0.356 e. The summed E-state index contributed by atoms with van der Waals surface area (Å²) in [5.41, 5.74) is 6.02. The van der Waals surface area contributed by atoms with Crippen molar-refractivity contribution in [3.05, 3.63) is 90.0 Å². The summed E-state index contributed by atoms with van der Waals surface area (Å²) in [6, 6.07) is 21.4. The number of nitrogens with zero attached hydrogens (tertiary/aromatic N) is 3. The van der Waals surface area contributed by atoms with Gasteiger partial charge in [0.2, 0.25) is 0 Å². The minimum absolute atomic E-state index is 0.0883.